The number of nitrogens with one attached hydrogen (secondary N) is 1. The molecule has 1 unspecified atom stereocenters. The van der Waals surface area contributed by atoms with E-state index in [4.69, 9.17) is 10.6 Å². The molecule has 4 heteroatoms. The Labute approximate surface area is 113 Å². The first-order valence-corrected chi connectivity index (χ1v) is 7.15. The van der Waals surface area contributed by atoms with E-state index in [2.05, 4.69) is 30.8 Å². The van der Waals surface area contributed by atoms with E-state index in [0.29, 0.717) is 6.04 Å². The largest absolute Gasteiger partial charge is 0.381 e. The average Bonchev–Trinajstić information content (AvgIpc) is 2.84. The van der Waals surface area contributed by atoms with Gasteiger partial charge in [0.15, 0.2) is 0 Å². The van der Waals surface area contributed by atoms with Crippen molar-refractivity contribution >= 4 is 0 Å². The molecule has 0 amide bonds. The van der Waals surface area contributed by atoms with Gasteiger partial charge in [0, 0.05) is 25.8 Å². The van der Waals surface area contributed by atoms with Crippen LogP contribution in [0.15, 0.2) is 12.7 Å². The summed E-state index contributed by atoms with van der Waals surface area (Å²) in [4.78, 5) is 2.45. The molecule has 3 N–H and O–H groups in total. The molecule has 4 nitrogen and oxygen atoms in total. The fraction of sp³-hybridized carbons (Fsp3) is 0.857. The summed E-state index contributed by atoms with van der Waals surface area (Å²) in [7, 11) is 0. The lowest BCUT2D eigenvalue weighted by Gasteiger charge is -2.13. The van der Waals surface area contributed by atoms with Crippen molar-refractivity contribution in [3.63, 3.8) is 0 Å². The zero-order chi connectivity index (χ0) is 13.6. The third kappa shape index (κ3) is 9.59. The van der Waals surface area contributed by atoms with E-state index in [1.165, 1.54) is 25.9 Å². The van der Waals surface area contributed by atoms with Crippen LogP contribution in [0.3, 0.4) is 0 Å². The molecule has 1 aliphatic rings. The van der Waals surface area contributed by atoms with Crippen LogP contribution in [0.1, 0.15) is 39.5 Å². The van der Waals surface area contributed by atoms with Crippen LogP contribution in [0.4, 0.5) is 0 Å². The molecule has 0 saturated carbocycles. The number of likely N-dealkylation sites (tertiary alicyclic amines) is 1. The zero-order valence-electron chi connectivity index (χ0n) is 12.2. The zero-order valence-corrected chi connectivity index (χ0v) is 12.2. The summed E-state index contributed by atoms with van der Waals surface area (Å²) >= 11 is 0. The van der Waals surface area contributed by atoms with Crippen molar-refractivity contribution in [3.8, 4) is 0 Å². The van der Waals surface area contributed by atoms with Gasteiger partial charge in [0.2, 0.25) is 0 Å². The summed E-state index contributed by atoms with van der Waals surface area (Å²) in [5.41, 5.74) is 2.81. The first-order valence-electron chi connectivity index (χ1n) is 7.15. The number of hydrogen-bond acceptors (Lipinski definition) is 4. The van der Waals surface area contributed by atoms with Crippen LogP contribution in [-0.4, -0.2) is 43.8 Å². The smallest absolute Gasteiger partial charge is 0.0500 e. The number of rotatable bonds is 8. The topological polar surface area (TPSA) is 50.5 Å². The number of nitrogens with zero attached hydrogens (tertiary/aromatic N) is 1. The van der Waals surface area contributed by atoms with Crippen LogP contribution in [0, 0.1) is 0 Å². The van der Waals surface area contributed by atoms with Gasteiger partial charge in [0.05, 0.1) is 0 Å². The second-order valence-corrected chi connectivity index (χ2v) is 4.64. The van der Waals surface area contributed by atoms with Gasteiger partial charge in [-0.25, -0.2) is 0 Å². The highest BCUT2D eigenvalue weighted by atomic mass is 16.5. The third-order valence-electron chi connectivity index (χ3n) is 2.86. The summed E-state index contributed by atoms with van der Waals surface area (Å²) < 4.78 is 5.15. The second-order valence-electron chi connectivity index (χ2n) is 4.64. The number of hydrazine groups is 1. The Morgan fingerprint density at radius 3 is 2.67 bits per heavy atom. The van der Waals surface area contributed by atoms with Crippen molar-refractivity contribution in [2.75, 3.05) is 32.8 Å². The van der Waals surface area contributed by atoms with Crippen molar-refractivity contribution in [2.45, 2.75) is 45.6 Å². The molecule has 0 aliphatic carbocycles. The highest BCUT2D eigenvalue weighted by molar-refractivity contribution is 4.78. The molecule has 0 aromatic carbocycles. The van der Waals surface area contributed by atoms with E-state index in [-0.39, 0.29) is 0 Å². The van der Waals surface area contributed by atoms with E-state index in [0.717, 1.165) is 32.6 Å². The Bertz CT molecular complexity index is 188. The third-order valence-corrected chi connectivity index (χ3v) is 2.86. The van der Waals surface area contributed by atoms with Gasteiger partial charge in [-0.3, -0.25) is 11.3 Å². The van der Waals surface area contributed by atoms with Gasteiger partial charge in [-0.05, 0) is 38.8 Å². The highest BCUT2D eigenvalue weighted by Gasteiger charge is 2.19. The van der Waals surface area contributed by atoms with Gasteiger partial charge in [-0.2, -0.15) is 0 Å². The molecule has 1 aliphatic heterocycles. The maximum Gasteiger partial charge on any atom is 0.0500 e. The molecule has 1 atom stereocenters. The quantitative estimate of drug-likeness (QED) is 0.302. The normalized spacial score (nSPS) is 19.4. The highest BCUT2D eigenvalue weighted by Crippen LogP contribution is 2.07. The predicted octanol–water partition coefficient (Wildman–Crippen LogP) is 1.92. The van der Waals surface area contributed by atoms with Gasteiger partial charge in [-0.15, -0.1) is 6.58 Å². The average molecular weight is 257 g/mol. The van der Waals surface area contributed by atoms with E-state index < -0.39 is 0 Å². The molecule has 108 valence electrons. The minimum Gasteiger partial charge on any atom is -0.381 e. The summed E-state index contributed by atoms with van der Waals surface area (Å²) in [5, 5.41) is 0. The molecule has 0 bridgehead atoms. The molecule has 0 spiro atoms. The van der Waals surface area contributed by atoms with Gasteiger partial charge >= 0.3 is 0 Å². The first kappa shape index (κ1) is 17.6. The Balaban J connectivity index is 0.000000331. The van der Waals surface area contributed by atoms with Crippen LogP contribution in [0.25, 0.3) is 0 Å². The van der Waals surface area contributed by atoms with E-state index in [1.54, 1.807) is 0 Å². The lowest BCUT2D eigenvalue weighted by atomic mass is 10.3. The fourth-order valence-electron chi connectivity index (χ4n) is 1.90. The maximum absolute atomic E-state index is 5.32. The van der Waals surface area contributed by atoms with Crippen LogP contribution < -0.4 is 11.3 Å². The minimum atomic E-state index is 0.534. The molecular weight excluding hydrogens is 226 g/mol. The SMILES string of the molecule is C=CCCOCCC.CCCN1CCC(NN)C1. The molecule has 1 rings (SSSR count). The number of ether oxygens (including phenoxy) is 1. The van der Waals surface area contributed by atoms with Gasteiger partial charge in [0.25, 0.3) is 0 Å². The van der Waals surface area contributed by atoms with Crippen molar-refractivity contribution in [2.24, 2.45) is 5.84 Å². The summed E-state index contributed by atoms with van der Waals surface area (Å²) in [5.74, 6) is 5.32. The van der Waals surface area contributed by atoms with Crippen LogP contribution in [0.2, 0.25) is 0 Å². The van der Waals surface area contributed by atoms with Crippen molar-refractivity contribution in [1.82, 2.24) is 10.3 Å². The number of hydrogen-bond donors (Lipinski definition) is 2. The molecular formula is C14H31N3O. The molecule has 0 aromatic heterocycles. The monoisotopic (exact) mass is 257 g/mol. The van der Waals surface area contributed by atoms with Gasteiger partial charge in [-0.1, -0.05) is 19.9 Å². The van der Waals surface area contributed by atoms with E-state index in [9.17, 15) is 0 Å². The standard InChI is InChI=1S/C7H17N3.C7H14O/c1-2-4-10-5-3-7(6-10)9-8;1-3-5-7-8-6-4-2/h7,9H,2-6,8H2,1H3;3H,1,4-7H2,2H3. The van der Waals surface area contributed by atoms with Crippen LogP contribution >= 0.6 is 0 Å². The minimum absolute atomic E-state index is 0.534. The Hall–Kier alpha value is -0.420. The van der Waals surface area contributed by atoms with Crippen LogP contribution in [0.5, 0.6) is 0 Å². The predicted molar refractivity (Wildman–Crippen MR) is 78.4 cm³/mol. The Morgan fingerprint density at radius 1 is 1.39 bits per heavy atom. The van der Waals surface area contributed by atoms with Gasteiger partial charge in [0.1, 0.15) is 0 Å². The summed E-state index contributed by atoms with van der Waals surface area (Å²) in [6.45, 7) is 13.2. The maximum atomic E-state index is 5.32. The molecule has 0 radical (unpaired) electrons. The Kier molecular flexibility index (Phi) is 12.7. The van der Waals surface area contributed by atoms with E-state index >= 15 is 0 Å². The first-order chi connectivity index (χ1) is 8.78. The summed E-state index contributed by atoms with van der Waals surface area (Å²) in [6, 6.07) is 0.534. The van der Waals surface area contributed by atoms with Crippen molar-refractivity contribution in [1.29, 1.82) is 0 Å². The second kappa shape index (κ2) is 13.0. The van der Waals surface area contributed by atoms with Crippen LogP contribution in [-0.2, 0) is 4.74 Å². The molecule has 0 aromatic rings. The lowest BCUT2D eigenvalue weighted by molar-refractivity contribution is 0.139. The van der Waals surface area contributed by atoms with E-state index in [1.807, 2.05) is 6.08 Å². The molecule has 1 heterocycles. The Morgan fingerprint density at radius 2 is 2.17 bits per heavy atom. The molecule has 1 saturated heterocycles. The molecule has 1 fully saturated rings. The number of nitrogens with two attached hydrogens (primary N) is 1. The lowest BCUT2D eigenvalue weighted by Crippen LogP contribution is -2.37. The van der Waals surface area contributed by atoms with Crippen molar-refractivity contribution < 1.29 is 4.74 Å². The summed E-state index contributed by atoms with van der Waals surface area (Å²) in [6.07, 6.45) is 6.40. The van der Waals surface area contributed by atoms with Gasteiger partial charge < -0.3 is 9.64 Å². The fourth-order valence-corrected chi connectivity index (χ4v) is 1.90. The van der Waals surface area contributed by atoms with Crippen molar-refractivity contribution in [3.05, 3.63) is 12.7 Å². The molecule has 18 heavy (non-hydrogen) atoms.